The van der Waals surface area contributed by atoms with Gasteiger partial charge in [-0.25, -0.2) is 8.42 Å². The summed E-state index contributed by atoms with van der Waals surface area (Å²) in [6.07, 6.45) is 1.77. The summed E-state index contributed by atoms with van der Waals surface area (Å²) in [5.74, 6) is -0.605. The van der Waals surface area contributed by atoms with Gasteiger partial charge in [0.05, 0.1) is 11.5 Å². The van der Waals surface area contributed by atoms with Gasteiger partial charge in [-0.05, 0) is 68.1 Å². The van der Waals surface area contributed by atoms with Gasteiger partial charge in [0.15, 0.2) is 0 Å². The van der Waals surface area contributed by atoms with Crippen molar-refractivity contribution in [2.45, 2.75) is 26.7 Å². The zero-order valence-corrected chi connectivity index (χ0v) is 19.8. The lowest BCUT2D eigenvalue weighted by Gasteiger charge is -2.30. The van der Waals surface area contributed by atoms with E-state index < -0.39 is 15.8 Å². The number of sulfone groups is 1. The molecule has 0 aliphatic carbocycles. The van der Waals surface area contributed by atoms with Crippen LogP contribution in [-0.4, -0.2) is 48.4 Å². The van der Waals surface area contributed by atoms with Crippen LogP contribution in [0.3, 0.4) is 0 Å². The summed E-state index contributed by atoms with van der Waals surface area (Å²) in [7, 11) is -3.10. The van der Waals surface area contributed by atoms with E-state index in [9.17, 15) is 18.0 Å². The highest BCUT2D eigenvalue weighted by atomic mass is 32.2. The van der Waals surface area contributed by atoms with E-state index in [4.69, 9.17) is 4.52 Å². The third kappa shape index (κ3) is 5.51. The zero-order chi connectivity index (χ0) is 24.3. The second-order valence-corrected chi connectivity index (χ2v) is 10.8. The third-order valence-corrected chi connectivity index (χ3v) is 7.63. The molecule has 0 radical (unpaired) electrons. The number of amides is 2. The van der Waals surface area contributed by atoms with Gasteiger partial charge in [-0.1, -0.05) is 17.3 Å². The molecule has 3 aromatic rings. The SMILES string of the molecule is Cc1ccc(C)c(N(CC(=O)Nc2ccc(-c3ncon3)cc2)C(=O)C2CCS(=O)(=O)CC2)c1. The van der Waals surface area contributed by atoms with Gasteiger partial charge in [0.1, 0.15) is 16.4 Å². The Labute approximate surface area is 198 Å². The number of hydrogen-bond acceptors (Lipinski definition) is 7. The molecule has 0 spiro atoms. The monoisotopic (exact) mass is 482 g/mol. The summed E-state index contributed by atoms with van der Waals surface area (Å²) >= 11 is 0. The number of nitrogens with one attached hydrogen (secondary N) is 1. The molecule has 4 rings (SSSR count). The fraction of sp³-hybridized carbons (Fsp3) is 0.333. The van der Waals surface area contributed by atoms with Crippen LogP contribution in [0, 0.1) is 19.8 Å². The van der Waals surface area contributed by atoms with Crippen LogP contribution in [0.15, 0.2) is 53.4 Å². The average molecular weight is 483 g/mol. The number of benzene rings is 2. The largest absolute Gasteiger partial charge is 0.342 e. The highest BCUT2D eigenvalue weighted by Crippen LogP contribution is 2.28. The molecule has 1 aromatic heterocycles. The van der Waals surface area contributed by atoms with Crippen LogP contribution in [0.4, 0.5) is 11.4 Å². The molecular weight excluding hydrogens is 456 g/mol. The maximum atomic E-state index is 13.5. The number of anilines is 2. The maximum absolute atomic E-state index is 13.5. The first-order valence-electron chi connectivity index (χ1n) is 11.0. The number of nitrogens with zero attached hydrogens (tertiary/aromatic N) is 3. The lowest BCUT2D eigenvalue weighted by molar-refractivity contribution is -0.124. The Bertz CT molecular complexity index is 1270. The molecule has 10 heteroatoms. The minimum atomic E-state index is -3.10. The smallest absolute Gasteiger partial charge is 0.244 e. The topological polar surface area (TPSA) is 122 Å². The van der Waals surface area contributed by atoms with Crippen molar-refractivity contribution in [3.63, 3.8) is 0 Å². The summed E-state index contributed by atoms with van der Waals surface area (Å²) in [5.41, 5.74) is 3.78. The minimum absolute atomic E-state index is 0.0109. The maximum Gasteiger partial charge on any atom is 0.244 e. The molecule has 1 fully saturated rings. The van der Waals surface area contributed by atoms with Crippen molar-refractivity contribution in [3.05, 3.63) is 60.0 Å². The summed E-state index contributed by atoms with van der Waals surface area (Å²) in [6, 6.07) is 12.7. The molecule has 0 atom stereocenters. The Morgan fingerprint density at radius 1 is 1.09 bits per heavy atom. The number of aryl methyl sites for hydroxylation is 2. The highest BCUT2D eigenvalue weighted by Gasteiger charge is 2.33. The lowest BCUT2D eigenvalue weighted by atomic mass is 9.99. The van der Waals surface area contributed by atoms with E-state index in [1.54, 1.807) is 24.3 Å². The van der Waals surface area contributed by atoms with E-state index in [0.717, 1.165) is 16.7 Å². The van der Waals surface area contributed by atoms with Gasteiger partial charge in [0.25, 0.3) is 0 Å². The molecule has 0 unspecified atom stereocenters. The van der Waals surface area contributed by atoms with Crippen molar-refractivity contribution >= 4 is 33.0 Å². The molecular formula is C24H26N4O5S. The fourth-order valence-corrected chi connectivity index (χ4v) is 5.49. The molecule has 2 amide bonds. The number of aromatic nitrogens is 2. The van der Waals surface area contributed by atoms with Crippen LogP contribution in [0.25, 0.3) is 11.4 Å². The first-order valence-corrected chi connectivity index (χ1v) is 12.8. The van der Waals surface area contributed by atoms with Gasteiger partial charge < -0.3 is 14.7 Å². The Morgan fingerprint density at radius 2 is 1.79 bits per heavy atom. The van der Waals surface area contributed by atoms with Crippen LogP contribution in [0.1, 0.15) is 24.0 Å². The van der Waals surface area contributed by atoms with Crippen LogP contribution in [-0.2, 0) is 19.4 Å². The van der Waals surface area contributed by atoms with E-state index in [2.05, 4.69) is 15.5 Å². The quantitative estimate of drug-likeness (QED) is 0.573. The van der Waals surface area contributed by atoms with Gasteiger partial charge in [-0.15, -0.1) is 0 Å². The highest BCUT2D eigenvalue weighted by molar-refractivity contribution is 7.91. The van der Waals surface area contributed by atoms with E-state index in [0.29, 0.717) is 17.2 Å². The van der Waals surface area contributed by atoms with Crippen LogP contribution >= 0.6 is 0 Å². The standard InChI is InChI=1S/C24H26N4O5S/c1-16-3-4-17(2)21(13-16)28(24(30)19-9-11-34(31,32)12-10-19)14-22(29)26-20-7-5-18(6-8-20)23-25-15-33-27-23/h3-8,13,15,19H,9-12,14H2,1-2H3,(H,26,29). The van der Waals surface area contributed by atoms with Crippen molar-refractivity contribution in [2.75, 3.05) is 28.3 Å². The van der Waals surface area contributed by atoms with Crippen LogP contribution < -0.4 is 10.2 Å². The minimum Gasteiger partial charge on any atom is -0.342 e. The molecule has 2 aromatic carbocycles. The molecule has 178 valence electrons. The van der Waals surface area contributed by atoms with E-state index in [1.165, 1.54) is 11.3 Å². The molecule has 0 bridgehead atoms. The van der Waals surface area contributed by atoms with Gasteiger partial charge in [-0.2, -0.15) is 4.98 Å². The molecule has 1 N–H and O–H groups in total. The number of carbonyl (C=O) groups is 2. The van der Waals surface area contributed by atoms with Crippen LogP contribution in [0.5, 0.6) is 0 Å². The third-order valence-electron chi connectivity index (χ3n) is 5.92. The molecule has 2 heterocycles. The molecule has 34 heavy (non-hydrogen) atoms. The fourth-order valence-electron chi connectivity index (χ4n) is 3.99. The van der Waals surface area contributed by atoms with E-state index >= 15 is 0 Å². The summed E-state index contributed by atoms with van der Waals surface area (Å²) in [4.78, 5) is 31.9. The lowest BCUT2D eigenvalue weighted by Crippen LogP contribution is -2.44. The normalized spacial score (nSPS) is 15.6. The number of rotatable bonds is 6. The molecule has 1 aliphatic heterocycles. The first-order chi connectivity index (χ1) is 16.2. The average Bonchev–Trinajstić information content (AvgIpc) is 3.34. The molecule has 9 nitrogen and oxygen atoms in total. The van der Waals surface area contributed by atoms with Crippen LogP contribution in [0.2, 0.25) is 0 Å². The predicted molar refractivity (Wildman–Crippen MR) is 128 cm³/mol. The van der Waals surface area contributed by atoms with Gasteiger partial charge in [0.2, 0.25) is 24.0 Å². The van der Waals surface area contributed by atoms with Crippen molar-refractivity contribution in [2.24, 2.45) is 5.92 Å². The van der Waals surface area contributed by atoms with Crippen molar-refractivity contribution in [3.8, 4) is 11.4 Å². The van der Waals surface area contributed by atoms with Crippen molar-refractivity contribution in [1.29, 1.82) is 0 Å². The molecule has 1 aliphatic rings. The van der Waals surface area contributed by atoms with Gasteiger partial charge in [0, 0.05) is 22.9 Å². The van der Waals surface area contributed by atoms with Crippen molar-refractivity contribution < 1.29 is 22.5 Å². The first kappa shape index (κ1) is 23.6. The summed E-state index contributed by atoms with van der Waals surface area (Å²) < 4.78 is 28.4. The van der Waals surface area contributed by atoms with Crippen molar-refractivity contribution in [1.82, 2.24) is 10.1 Å². The number of hydrogen-bond donors (Lipinski definition) is 1. The molecule has 1 saturated heterocycles. The zero-order valence-electron chi connectivity index (χ0n) is 19.0. The second-order valence-electron chi connectivity index (χ2n) is 8.52. The Morgan fingerprint density at radius 3 is 2.44 bits per heavy atom. The summed E-state index contributed by atoms with van der Waals surface area (Å²) in [6.45, 7) is 3.62. The van der Waals surface area contributed by atoms with E-state index in [1.807, 2.05) is 32.0 Å². The summed E-state index contributed by atoms with van der Waals surface area (Å²) in [5, 5.41) is 6.61. The predicted octanol–water partition coefficient (Wildman–Crippen LogP) is 3.15. The Kier molecular flexibility index (Phi) is 6.78. The second kappa shape index (κ2) is 9.76. The van der Waals surface area contributed by atoms with E-state index in [-0.39, 0.29) is 42.7 Å². The van der Waals surface area contributed by atoms with Gasteiger partial charge in [-0.3, -0.25) is 9.59 Å². The Hall–Kier alpha value is -3.53. The Balaban J connectivity index is 1.52. The molecule has 0 saturated carbocycles. The van der Waals surface area contributed by atoms with Gasteiger partial charge >= 0.3 is 0 Å². The number of carbonyl (C=O) groups excluding carboxylic acids is 2.